The molecule has 33 heavy (non-hydrogen) atoms. The predicted molar refractivity (Wildman–Crippen MR) is 128 cm³/mol. The second-order valence-corrected chi connectivity index (χ2v) is 7.96. The van der Waals surface area contributed by atoms with Crippen LogP contribution in [-0.4, -0.2) is 24.4 Å². The molecule has 1 unspecified atom stereocenters. The van der Waals surface area contributed by atoms with Gasteiger partial charge in [-0.2, -0.15) is 0 Å². The molecule has 0 aromatic heterocycles. The highest BCUT2D eigenvalue weighted by molar-refractivity contribution is 5.95. The molecule has 170 valence electrons. The van der Waals surface area contributed by atoms with E-state index in [-0.39, 0.29) is 18.2 Å². The zero-order chi connectivity index (χ0) is 23.6. The van der Waals surface area contributed by atoms with Crippen LogP contribution in [0.2, 0.25) is 0 Å². The molecule has 0 aliphatic heterocycles. The summed E-state index contributed by atoms with van der Waals surface area (Å²) in [6.07, 6.45) is -0.0988. The molecule has 0 aliphatic rings. The summed E-state index contributed by atoms with van der Waals surface area (Å²) < 4.78 is 5.21. The highest BCUT2D eigenvalue weighted by Crippen LogP contribution is 2.23. The molecule has 0 heterocycles. The first-order valence-electron chi connectivity index (χ1n) is 10.9. The van der Waals surface area contributed by atoms with Gasteiger partial charge in [-0.15, -0.1) is 0 Å². The minimum absolute atomic E-state index is 0.0988. The first-order chi connectivity index (χ1) is 15.9. The maximum Gasteiger partial charge on any atom is 0.308 e. The Hall–Kier alpha value is -3.93. The van der Waals surface area contributed by atoms with Crippen molar-refractivity contribution in [3.8, 4) is 0 Å². The van der Waals surface area contributed by atoms with Gasteiger partial charge in [0.2, 0.25) is 0 Å². The van der Waals surface area contributed by atoms with Gasteiger partial charge >= 0.3 is 5.97 Å². The maximum atomic E-state index is 12.6. The number of carbonyl (C=O) groups is 3. The fraction of sp³-hybridized carbons (Fsp3) is 0.222. The van der Waals surface area contributed by atoms with Gasteiger partial charge in [-0.05, 0) is 35.2 Å². The topological polar surface area (TPSA) is 84.5 Å². The molecule has 0 fully saturated rings. The van der Waals surface area contributed by atoms with Crippen LogP contribution in [0.3, 0.4) is 0 Å². The molecule has 0 saturated heterocycles. The van der Waals surface area contributed by atoms with E-state index in [2.05, 4.69) is 10.6 Å². The Morgan fingerprint density at radius 1 is 0.818 bits per heavy atom. The van der Waals surface area contributed by atoms with Crippen molar-refractivity contribution in [1.82, 2.24) is 5.32 Å². The van der Waals surface area contributed by atoms with Crippen LogP contribution in [0.5, 0.6) is 0 Å². The van der Waals surface area contributed by atoms with E-state index in [0.29, 0.717) is 11.3 Å². The molecule has 1 atom stereocenters. The SMILES string of the molecule is CC(C)c1ccccc1NC(=O)COC(=O)CC(NC(=O)c1ccccc1)c1ccccc1. The number of hydrogen-bond acceptors (Lipinski definition) is 4. The summed E-state index contributed by atoms with van der Waals surface area (Å²) in [4.78, 5) is 37.5. The average Bonchev–Trinajstić information content (AvgIpc) is 2.83. The van der Waals surface area contributed by atoms with Crippen molar-refractivity contribution in [2.24, 2.45) is 0 Å². The van der Waals surface area contributed by atoms with Crippen molar-refractivity contribution in [3.63, 3.8) is 0 Å². The summed E-state index contributed by atoms with van der Waals surface area (Å²) in [5.74, 6) is -1.05. The third-order valence-corrected chi connectivity index (χ3v) is 5.14. The monoisotopic (exact) mass is 444 g/mol. The second-order valence-electron chi connectivity index (χ2n) is 7.96. The van der Waals surface area contributed by atoms with Crippen LogP contribution >= 0.6 is 0 Å². The second kappa shape index (κ2) is 11.6. The van der Waals surface area contributed by atoms with E-state index < -0.39 is 24.5 Å². The van der Waals surface area contributed by atoms with Gasteiger partial charge in [-0.1, -0.05) is 80.6 Å². The molecule has 2 N–H and O–H groups in total. The van der Waals surface area contributed by atoms with Gasteiger partial charge < -0.3 is 15.4 Å². The van der Waals surface area contributed by atoms with E-state index in [0.717, 1.165) is 11.1 Å². The Balaban J connectivity index is 1.60. The number of carbonyl (C=O) groups excluding carboxylic acids is 3. The lowest BCUT2D eigenvalue weighted by Gasteiger charge is -2.19. The molecule has 3 aromatic rings. The van der Waals surface area contributed by atoms with Crippen LogP contribution in [0.4, 0.5) is 5.69 Å². The van der Waals surface area contributed by atoms with Crippen LogP contribution in [0.15, 0.2) is 84.9 Å². The number of anilines is 1. The lowest BCUT2D eigenvalue weighted by Crippen LogP contribution is -2.31. The summed E-state index contributed by atoms with van der Waals surface area (Å²) in [5.41, 5.74) is 2.97. The van der Waals surface area contributed by atoms with E-state index in [1.165, 1.54) is 0 Å². The first kappa shape index (κ1) is 23.7. The number of para-hydroxylation sites is 1. The Kier molecular flexibility index (Phi) is 8.36. The van der Waals surface area contributed by atoms with Gasteiger partial charge in [-0.3, -0.25) is 14.4 Å². The number of benzene rings is 3. The van der Waals surface area contributed by atoms with E-state index in [4.69, 9.17) is 4.74 Å². The Labute approximate surface area is 194 Å². The van der Waals surface area contributed by atoms with Gasteiger partial charge in [0.1, 0.15) is 0 Å². The Morgan fingerprint density at radius 2 is 1.42 bits per heavy atom. The van der Waals surface area contributed by atoms with Crippen LogP contribution < -0.4 is 10.6 Å². The minimum atomic E-state index is -0.587. The number of ether oxygens (including phenoxy) is 1. The van der Waals surface area contributed by atoms with Gasteiger partial charge in [0.15, 0.2) is 6.61 Å². The number of nitrogens with one attached hydrogen (secondary N) is 2. The van der Waals surface area contributed by atoms with E-state index >= 15 is 0 Å². The van der Waals surface area contributed by atoms with Crippen molar-refractivity contribution in [3.05, 3.63) is 102 Å². The van der Waals surface area contributed by atoms with Gasteiger partial charge in [-0.25, -0.2) is 0 Å². The number of rotatable bonds is 9. The summed E-state index contributed by atoms with van der Waals surface area (Å²) >= 11 is 0. The van der Waals surface area contributed by atoms with Gasteiger partial charge in [0.05, 0.1) is 12.5 Å². The molecular formula is C27H28N2O4. The third-order valence-electron chi connectivity index (χ3n) is 5.14. The van der Waals surface area contributed by atoms with Crippen molar-refractivity contribution in [1.29, 1.82) is 0 Å². The zero-order valence-electron chi connectivity index (χ0n) is 18.8. The van der Waals surface area contributed by atoms with Gasteiger partial charge in [0.25, 0.3) is 11.8 Å². The summed E-state index contributed by atoms with van der Waals surface area (Å²) in [7, 11) is 0. The average molecular weight is 445 g/mol. The molecule has 0 bridgehead atoms. The molecule has 6 heteroatoms. The quantitative estimate of drug-likeness (QED) is 0.462. The maximum absolute atomic E-state index is 12.6. The first-order valence-corrected chi connectivity index (χ1v) is 10.9. The van der Waals surface area contributed by atoms with Crippen molar-refractivity contribution in [2.45, 2.75) is 32.2 Å². The lowest BCUT2D eigenvalue weighted by molar-refractivity contribution is -0.147. The van der Waals surface area contributed by atoms with E-state index in [1.54, 1.807) is 24.3 Å². The van der Waals surface area contributed by atoms with E-state index in [9.17, 15) is 14.4 Å². The van der Waals surface area contributed by atoms with E-state index in [1.807, 2.05) is 74.5 Å². The Morgan fingerprint density at radius 3 is 2.09 bits per heavy atom. The van der Waals surface area contributed by atoms with Crippen molar-refractivity contribution in [2.75, 3.05) is 11.9 Å². The standard InChI is InChI=1S/C27H28N2O4/c1-19(2)22-15-9-10-16-23(22)28-25(30)18-33-26(31)17-24(20-11-5-3-6-12-20)29-27(32)21-13-7-4-8-14-21/h3-16,19,24H,17-18H2,1-2H3,(H,28,30)(H,29,32). The number of hydrogen-bond donors (Lipinski definition) is 2. The molecule has 3 rings (SSSR count). The van der Waals surface area contributed by atoms with Crippen LogP contribution in [-0.2, 0) is 14.3 Å². The van der Waals surface area contributed by atoms with Crippen molar-refractivity contribution >= 4 is 23.5 Å². The zero-order valence-corrected chi connectivity index (χ0v) is 18.8. The van der Waals surface area contributed by atoms with Crippen LogP contribution in [0.1, 0.15) is 53.7 Å². The summed E-state index contributed by atoms with van der Waals surface area (Å²) in [6, 6.07) is 24.9. The molecule has 6 nitrogen and oxygen atoms in total. The lowest BCUT2D eigenvalue weighted by atomic mass is 10.0. The minimum Gasteiger partial charge on any atom is -0.455 e. The molecule has 0 aliphatic carbocycles. The highest BCUT2D eigenvalue weighted by atomic mass is 16.5. The molecular weight excluding hydrogens is 416 g/mol. The van der Waals surface area contributed by atoms with Crippen molar-refractivity contribution < 1.29 is 19.1 Å². The Bertz CT molecular complexity index is 1080. The summed E-state index contributed by atoms with van der Waals surface area (Å²) in [5, 5.41) is 5.69. The number of esters is 1. The predicted octanol–water partition coefficient (Wildman–Crippen LogP) is 4.85. The van der Waals surface area contributed by atoms with Crippen LogP contribution in [0.25, 0.3) is 0 Å². The molecule has 3 aromatic carbocycles. The fourth-order valence-corrected chi connectivity index (χ4v) is 3.44. The number of amides is 2. The molecule has 2 amide bonds. The fourth-order valence-electron chi connectivity index (χ4n) is 3.44. The molecule has 0 radical (unpaired) electrons. The summed E-state index contributed by atoms with van der Waals surface area (Å²) in [6.45, 7) is 3.68. The molecule has 0 saturated carbocycles. The highest BCUT2D eigenvalue weighted by Gasteiger charge is 2.21. The molecule has 0 spiro atoms. The largest absolute Gasteiger partial charge is 0.455 e. The van der Waals surface area contributed by atoms with Crippen LogP contribution in [0, 0.1) is 0 Å². The third kappa shape index (κ3) is 7.04. The normalized spacial score (nSPS) is 11.5. The smallest absolute Gasteiger partial charge is 0.308 e. The van der Waals surface area contributed by atoms with Gasteiger partial charge in [0, 0.05) is 11.3 Å².